The van der Waals surface area contributed by atoms with Gasteiger partial charge in [-0.25, -0.2) is 0 Å². The van der Waals surface area contributed by atoms with Crippen LogP contribution in [-0.4, -0.2) is 71.3 Å². The van der Waals surface area contributed by atoms with Gasteiger partial charge in [0.15, 0.2) is 0 Å². The second-order valence-electron chi connectivity index (χ2n) is 10.6. The molecule has 1 N–H and O–H groups in total. The number of hydrogen-bond donors (Lipinski definition) is 1. The Balaban J connectivity index is 1.66. The van der Waals surface area contributed by atoms with Gasteiger partial charge in [0, 0.05) is 6.54 Å². The zero-order valence-electron chi connectivity index (χ0n) is 21.1. The molecule has 1 unspecified atom stereocenters. The van der Waals surface area contributed by atoms with E-state index in [9.17, 15) is 19.5 Å². The number of allylic oxidation sites excluding steroid dienone is 1. The van der Waals surface area contributed by atoms with Crippen LogP contribution in [0.2, 0.25) is 5.02 Å². The normalized spacial score (nSPS) is 33.2. The molecule has 2 fully saturated rings. The van der Waals surface area contributed by atoms with Gasteiger partial charge in [0.1, 0.15) is 17.6 Å². The largest absolute Gasteiger partial charge is 0.465 e. The van der Waals surface area contributed by atoms with Crippen LogP contribution in [0.4, 0.5) is 5.69 Å². The van der Waals surface area contributed by atoms with E-state index in [1.807, 2.05) is 32.1 Å². The molecule has 8 nitrogen and oxygen atoms in total. The fourth-order valence-electron chi connectivity index (χ4n) is 6.29. The molecule has 1 aromatic carbocycles. The topological polar surface area (TPSA) is 96.4 Å². The van der Waals surface area contributed by atoms with E-state index in [0.717, 1.165) is 6.42 Å². The molecule has 37 heavy (non-hydrogen) atoms. The lowest BCUT2D eigenvalue weighted by molar-refractivity contribution is -0.155. The molecule has 5 rings (SSSR count). The van der Waals surface area contributed by atoms with E-state index in [-0.39, 0.29) is 37.5 Å². The number of likely N-dealkylation sites (tertiary alicyclic amines) is 1. The summed E-state index contributed by atoms with van der Waals surface area (Å²) in [6.45, 7) is 4.16. The highest BCUT2D eigenvalue weighted by Gasteiger charge is 2.72. The number of nitrogens with zero attached hydrogens (tertiary/aromatic N) is 2. The number of carbonyl (C=O) groups excluding carboxylic acids is 3. The third kappa shape index (κ3) is 4.29. The predicted octanol–water partition coefficient (Wildman–Crippen LogP) is 3.12. The molecule has 6 atom stereocenters. The summed E-state index contributed by atoms with van der Waals surface area (Å²) in [7, 11) is 0. The standard InChI is InChI=1S/C28H33ClN2O6/c1-17(2)15-18(16-32)31-24-26(34)30(20-10-6-5-9-19(20)29)13-8-12-28(24)23(25(31)33)22-21(37-28)11-4-3-7-14-36-27(22)35/h4-6,8-12,17-18,21-24,32H,3,7,13-16H2,1-2H3/b11-4-/t18-,21-,22+,23+,24?,28+/m1/s1. The number of carbonyl (C=O) groups is 3. The molecular weight excluding hydrogens is 496 g/mol. The van der Waals surface area contributed by atoms with Gasteiger partial charge in [-0.15, -0.1) is 0 Å². The number of hydrogen-bond acceptors (Lipinski definition) is 6. The molecule has 0 saturated carbocycles. The van der Waals surface area contributed by atoms with Crippen LogP contribution in [0.1, 0.15) is 33.1 Å². The summed E-state index contributed by atoms with van der Waals surface area (Å²) in [5, 5.41) is 10.8. The first kappa shape index (κ1) is 25.9. The minimum atomic E-state index is -1.38. The molecule has 0 aromatic heterocycles. The fraction of sp³-hybridized carbons (Fsp3) is 0.536. The molecule has 4 aliphatic rings. The molecule has 198 valence electrons. The van der Waals surface area contributed by atoms with Gasteiger partial charge in [-0.2, -0.15) is 0 Å². The van der Waals surface area contributed by atoms with Crippen LogP contribution in [0.3, 0.4) is 0 Å². The average Bonchev–Trinajstić information content (AvgIpc) is 3.28. The van der Waals surface area contributed by atoms with Crippen molar-refractivity contribution >= 4 is 35.1 Å². The van der Waals surface area contributed by atoms with Crippen LogP contribution in [0.5, 0.6) is 0 Å². The highest BCUT2D eigenvalue weighted by Crippen LogP contribution is 2.54. The van der Waals surface area contributed by atoms with E-state index in [0.29, 0.717) is 23.6 Å². The number of rotatable bonds is 5. The molecule has 1 spiro atoms. The summed E-state index contributed by atoms with van der Waals surface area (Å²) in [6, 6.07) is 5.36. The minimum absolute atomic E-state index is 0.156. The lowest BCUT2D eigenvalue weighted by atomic mass is 9.78. The molecule has 0 aliphatic carbocycles. The maximum atomic E-state index is 14.4. The third-order valence-corrected chi connectivity index (χ3v) is 8.10. The third-order valence-electron chi connectivity index (χ3n) is 7.78. The Morgan fingerprint density at radius 1 is 1.16 bits per heavy atom. The Bertz CT molecular complexity index is 1140. The maximum absolute atomic E-state index is 14.4. The SMILES string of the molecule is CC(C)C[C@H](CO)N1C(=O)[C@@H]2[C@H]3C(=O)OCCC/C=C\[C@H]3O[C@@]23C=CCN(c2ccccc2Cl)C(=O)C13. The average molecular weight is 529 g/mol. The first-order chi connectivity index (χ1) is 17.8. The van der Waals surface area contributed by atoms with E-state index in [4.69, 9.17) is 21.1 Å². The van der Waals surface area contributed by atoms with Gasteiger partial charge in [-0.05, 0) is 37.3 Å². The molecule has 4 aliphatic heterocycles. The monoisotopic (exact) mass is 528 g/mol. The Kier molecular flexibility index (Phi) is 7.18. The van der Waals surface area contributed by atoms with Crippen LogP contribution < -0.4 is 4.90 Å². The number of anilines is 1. The number of amides is 2. The summed E-state index contributed by atoms with van der Waals surface area (Å²) in [5.74, 6) is -2.92. The minimum Gasteiger partial charge on any atom is -0.465 e. The van der Waals surface area contributed by atoms with Crippen molar-refractivity contribution in [3.05, 3.63) is 53.6 Å². The van der Waals surface area contributed by atoms with Gasteiger partial charge in [0.2, 0.25) is 5.91 Å². The van der Waals surface area contributed by atoms with Crippen molar-refractivity contribution in [3.63, 3.8) is 0 Å². The van der Waals surface area contributed by atoms with Crippen molar-refractivity contribution in [2.75, 3.05) is 24.7 Å². The first-order valence-electron chi connectivity index (χ1n) is 13.0. The quantitative estimate of drug-likeness (QED) is 0.466. The van der Waals surface area contributed by atoms with Gasteiger partial charge < -0.3 is 24.4 Å². The molecule has 9 heteroatoms. The van der Waals surface area contributed by atoms with Crippen LogP contribution >= 0.6 is 11.6 Å². The number of fused-ring (bicyclic) bond motifs is 2. The van der Waals surface area contributed by atoms with Gasteiger partial charge in [0.25, 0.3) is 5.91 Å². The van der Waals surface area contributed by atoms with Crippen molar-refractivity contribution in [2.24, 2.45) is 17.8 Å². The second kappa shape index (κ2) is 10.2. The molecule has 0 radical (unpaired) electrons. The lowest BCUT2D eigenvalue weighted by Gasteiger charge is -2.39. The first-order valence-corrected chi connectivity index (χ1v) is 13.4. The highest BCUT2D eigenvalue weighted by molar-refractivity contribution is 6.34. The van der Waals surface area contributed by atoms with Crippen molar-refractivity contribution < 1.29 is 29.0 Å². The summed E-state index contributed by atoms with van der Waals surface area (Å²) >= 11 is 6.48. The molecular formula is C28H33ClN2O6. The van der Waals surface area contributed by atoms with Gasteiger partial charge in [-0.3, -0.25) is 14.4 Å². The number of esters is 1. The predicted molar refractivity (Wildman–Crippen MR) is 138 cm³/mol. The van der Waals surface area contributed by atoms with E-state index in [2.05, 4.69) is 0 Å². The Morgan fingerprint density at radius 2 is 1.95 bits per heavy atom. The number of cyclic esters (lactones) is 1. The summed E-state index contributed by atoms with van der Waals surface area (Å²) in [5.41, 5.74) is -0.858. The van der Waals surface area contributed by atoms with Crippen molar-refractivity contribution in [1.29, 1.82) is 0 Å². The van der Waals surface area contributed by atoms with Crippen molar-refractivity contribution in [2.45, 2.75) is 56.9 Å². The molecule has 1 aromatic rings. The summed E-state index contributed by atoms with van der Waals surface area (Å²) < 4.78 is 12.2. The van der Waals surface area contributed by atoms with E-state index in [1.54, 1.807) is 35.2 Å². The van der Waals surface area contributed by atoms with Crippen LogP contribution in [-0.2, 0) is 23.9 Å². The molecule has 2 amide bonds. The summed E-state index contributed by atoms with van der Waals surface area (Å²) in [6.07, 6.45) is 8.55. The van der Waals surface area contributed by atoms with E-state index >= 15 is 0 Å². The lowest BCUT2D eigenvalue weighted by Crippen LogP contribution is -2.58. The number of ether oxygens (including phenoxy) is 2. The van der Waals surface area contributed by atoms with Gasteiger partial charge in [-0.1, -0.05) is 61.9 Å². The maximum Gasteiger partial charge on any atom is 0.312 e. The number of aliphatic hydroxyl groups excluding tert-OH is 1. The Hall–Kier alpha value is -2.68. The van der Waals surface area contributed by atoms with Crippen LogP contribution in [0.25, 0.3) is 0 Å². The Morgan fingerprint density at radius 3 is 2.68 bits per heavy atom. The van der Waals surface area contributed by atoms with Crippen molar-refractivity contribution in [1.82, 2.24) is 4.90 Å². The van der Waals surface area contributed by atoms with Gasteiger partial charge >= 0.3 is 5.97 Å². The van der Waals surface area contributed by atoms with E-state index in [1.165, 1.54) is 4.90 Å². The number of benzene rings is 1. The summed E-state index contributed by atoms with van der Waals surface area (Å²) in [4.78, 5) is 45.0. The second-order valence-corrected chi connectivity index (χ2v) is 11.0. The molecule has 0 bridgehead atoms. The zero-order valence-corrected chi connectivity index (χ0v) is 21.8. The molecule has 2 saturated heterocycles. The van der Waals surface area contributed by atoms with Crippen molar-refractivity contribution in [3.8, 4) is 0 Å². The fourth-order valence-corrected chi connectivity index (χ4v) is 6.53. The number of halogens is 1. The molecule has 4 heterocycles. The zero-order chi connectivity index (χ0) is 26.3. The van der Waals surface area contributed by atoms with E-state index < -0.39 is 41.6 Å². The Labute approximate surface area is 221 Å². The highest BCUT2D eigenvalue weighted by atomic mass is 35.5. The van der Waals surface area contributed by atoms with Gasteiger partial charge in [0.05, 0.1) is 42.0 Å². The number of aliphatic hydroxyl groups is 1. The van der Waals surface area contributed by atoms with Crippen LogP contribution in [0.15, 0.2) is 48.6 Å². The number of para-hydroxylation sites is 1. The van der Waals surface area contributed by atoms with Crippen LogP contribution in [0, 0.1) is 17.8 Å². The smallest absolute Gasteiger partial charge is 0.312 e.